The Hall–Kier alpha value is -5.58. The molecule has 11 heteroatoms. The van der Waals surface area contributed by atoms with Crippen molar-refractivity contribution >= 4 is 17.8 Å². The number of nitrogens with zero attached hydrogens (tertiary/aromatic N) is 3. The van der Waals surface area contributed by atoms with Crippen LogP contribution in [0, 0.1) is 24.0 Å². The van der Waals surface area contributed by atoms with Gasteiger partial charge in [-0.15, -0.1) is 0 Å². The number of rotatable bonds is 10. The molecule has 0 aliphatic heterocycles. The van der Waals surface area contributed by atoms with Crippen LogP contribution in [-0.2, 0) is 6.61 Å². The van der Waals surface area contributed by atoms with Crippen LogP contribution >= 0.6 is 0 Å². The Bertz CT molecular complexity index is 1710. The molecule has 0 fully saturated rings. The van der Waals surface area contributed by atoms with Crippen LogP contribution in [-0.4, -0.2) is 28.7 Å². The van der Waals surface area contributed by atoms with Crippen LogP contribution in [0.5, 0.6) is 11.5 Å². The van der Waals surface area contributed by atoms with E-state index in [0.717, 1.165) is 17.1 Å². The molecule has 0 unspecified atom stereocenters. The third-order valence-corrected chi connectivity index (χ3v) is 6.28. The Balaban J connectivity index is 1.15. The molecule has 0 saturated carbocycles. The maximum atomic E-state index is 12.5. The van der Waals surface area contributed by atoms with Gasteiger partial charge in [0.15, 0.2) is 5.76 Å². The lowest BCUT2D eigenvalue weighted by atomic mass is 10.1. The Morgan fingerprint density at radius 2 is 1.76 bits per heavy atom. The number of aromatic nitrogens is 1. The number of hydrazone groups is 1. The minimum atomic E-state index is -0.543. The number of nitrogens with one attached hydrogen (secondary N) is 1. The summed E-state index contributed by atoms with van der Waals surface area (Å²) in [6.07, 6.45) is 1.33. The average molecular weight is 555 g/mol. The van der Waals surface area contributed by atoms with Gasteiger partial charge in [0, 0.05) is 23.1 Å². The largest absolute Gasteiger partial charge is 0.496 e. The average Bonchev–Trinajstić information content (AvgIpc) is 3.72. The number of hydrogen-bond acceptors (Lipinski definition) is 8. The van der Waals surface area contributed by atoms with Crippen molar-refractivity contribution in [2.24, 2.45) is 5.10 Å². The van der Waals surface area contributed by atoms with Crippen molar-refractivity contribution in [1.82, 2.24) is 9.99 Å². The van der Waals surface area contributed by atoms with Gasteiger partial charge in [0.2, 0.25) is 0 Å². The van der Waals surface area contributed by atoms with Gasteiger partial charge in [-0.3, -0.25) is 14.9 Å². The first-order valence-electron chi connectivity index (χ1n) is 12.6. The maximum absolute atomic E-state index is 12.5. The second-order valence-corrected chi connectivity index (χ2v) is 9.04. The smallest absolute Gasteiger partial charge is 0.307 e. The topological polar surface area (TPSA) is 134 Å². The fourth-order valence-corrected chi connectivity index (χ4v) is 4.27. The van der Waals surface area contributed by atoms with E-state index in [1.807, 2.05) is 24.3 Å². The van der Waals surface area contributed by atoms with Crippen molar-refractivity contribution in [3.8, 4) is 28.5 Å². The second kappa shape index (κ2) is 11.7. The summed E-state index contributed by atoms with van der Waals surface area (Å²) < 4.78 is 24.5. The highest BCUT2D eigenvalue weighted by molar-refractivity contribution is 5.92. The maximum Gasteiger partial charge on any atom is 0.307 e. The third kappa shape index (κ3) is 6.04. The van der Waals surface area contributed by atoms with Gasteiger partial charge < -0.3 is 22.9 Å². The van der Waals surface area contributed by atoms with Gasteiger partial charge in [0.1, 0.15) is 35.4 Å². The summed E-state index contributed by atoms with van der Waals surface area (Å²) in [5.41, 5.74) is 6.18. The number of non-ortho nitro benzene ring substituents is 1. The molecule has 5 rings (SSSR count). The number of hydrogen-bond donors (Lipinski definition) is 1. The molecular formula is C30H26N4O7. The highest BCUT2D eigenvalue weighted by Gasteiger charge is 2.16. The third-order valence-electron chi connectivity index (χ3n) is 6.28. The SMILES string of the molecule is COc1cc([N+](=O)[O-])ccc1-c1ccc(/C=N/NC(=O)c2ccc(COc3ccc(-n4c(C)ccc4C)cc3)o2)o1. The lowest BCUT2D eigenvalue weighted by molar-refractivity contribution is -0.384. The van der Waals surface area contributed by atoms with E-state index in [1.165, 1.54) is 37.6 Å². The molecule has 2 aromatic carbocycles. The molecule has 0 aliphatic carbocycles. The van der Waals surface area contributed by atoms with Crippen LogP contribution in [0.2, 0.25) is 0 Å². The van der Waals surface area contributed by atoms with Gasteiger partial charge in [-0.2, -0.15) is 5.10 Å². The summed E-state index contributed by atoms with van der Waals surface area (Å²) in [4.78, 5) is 23.0. The molecule has 208 valence electrons. The molecule has 5 aromatic rings. The van der Waals surface area contributed by atoms with Gasteiger partial charge >= 0.3 is 5.91 Å². The number of benzene rings is 2. The van der Waals surface area contributed by atoms with E-state index in [4.69, 9.17) is 18.3 Å². The molecular weight excluding hydrogens is 528 g/mol. The van der Waals surface area contributed by atoms with Crippen molar-refractivity contribution in [2.75, 3.05) is 7.11 Å². The quantitative estimate of drug-likeness (QED) is 0.123. The molecule has 41 heavy (non-hydrogen) atoms. The Morgan fingerprint density at radius 3 is 2.46 bits per heavy atom. The summed E-state index contributed by atoms with van der Waals surface area (Å²) in [7, 11) is 1.42. The van der Waals surface area contributed by atoms with E-state index in [2.05, 4.69) is 41.1 Å². The number of amides is 1. The zero-order chi connectivity index (χ0) is 28.9. The van der Waals surface area contributed by atoms with Crippen LogP contribution in [0.15, 0.2) is 92.8 Å². The summed E-state index contributed by atoms with van der Waals surface area (Å²) in [5.74, 6) is 1.75. The molecule has 0 aliphatic rings. The zero-order valence-corrected chi connectivity index (χ0v) is 22.5. The Labute approximate surface area is 234 Å². The van der Waals surface area contributed by atoms with Crippen molar-refractivity contribution in [3.63, 3.8) is 0 Å². The lowest BCUT2D eigenvalue weighted by Crippen LogP contribution is -2.16. The normalized spacial score (nSPS) is 11.1. The summed E-state index contributed by atoms with van der Waals surface area (Å²) >= 11 is 0. The van der Waals surface area contributed by atoms with Crippen molar-refractivity contribution in [3.05, 3.63) is 118 Å². The van der Waals surface area contributed by atoms with Crippen LogP contribution < -0.4 is 14.9 Å². The highest BCUT2D eigenvalue weighted by Crippen LogP contribution is 2.34. The molecule has 0 radical (unpaired) electrons. The molecule has 0 atom stereocenters. The predicted octanol–water partition coefficient (Wildman–Crippen LogP) is 6.21. The van der Waals surface area contributed by atoms with Crippen molar-refractivity contribution in [1.29, 1.82) is 0 Å². The summed E-state index contributed by atoms with van der Waals surface area (Å²) in [6, 6.07) is 22.6. The number of carbonyl (C=O) groups excluding carboxylic acids is 1. The van der Waals surface area contributed by atoms with E-state index in [0.29, 0.717) is 34.3 Å². The van der Waals surface area contributed by atoms with Gasteiger partial charge in [0.05, 0.1) is 29.9 Å². The number of carbonyl (C=O) groups is 1. The second-order valence-electron chi connectivity index (χ2n) is 9.04. The zero-order valence-electron chi connectivity index (χ0n) is 22.5. The number of ether oxygens (including phenoxy) is 2. The van der Waals surface area contributed by atoms with Gasteiger partial charge in [-0.25, -0.2) is 5.43 Å². The van der Waals surface area contributed by atoms with Crippen LogP contribution in [0.3, 0.4) is 0 Å². The first-order valence-corrected chi connectivity index (χ1v) is 12.6. The first kappa shape index (κ1) is 27.0. The summed E-state index contributed by atoms with van der Waals surface area (Å²) in [5, 5.41) is 14.9. The number of methoxy groups -OCH3 is 1. The van der Waals surface area contributed by atoms with E-state index in [1.54, 1.807) is 18.2 Å². The van der Waals surface area contributed by atoms with Crippen LogP contribution in [0.1, 0.15) is 33.5 Å². The Morgan fingerprint density at radius 1 is 1.00 bits per heavy atom. The molecule has 1 amide bonds. The molecule has 3 heterocycles. The monoisotopic (exact) mass is 554 g/mol. The molecule has 0 bridgehead atoms. The van der Waals surface area contributed by atoms with Crippen LogP contribution in [0.25, 0.3) is 17.0 Å². The lowest BCUT2D eigenvalue weighted by Gasteiger charge is -2.10. The fourth-order valence-electron chi connectivity index (χ4n) is 4.27. The number of nitro groups is 1. The molecule has 11 nitrogen and oxygen atoms in total. The molecule has 0 spiro atoms. The first-order chi connectivity index (χ1) is 19.8. The number of furan rings is 2. The van der Waals surface area contributed by atoms with E-state index < -0.39 is 10.8 Å². The highest BCUT2D eigenvalue weighted by atomic mass is 16.6. The predicted molar refractivity (Wildman–Crippen MR) is 151 cm³/mol. The summed E-state index contributed by atoms with van der Waals surface area (Å²) in [6.45, 7) is 4.27. The molecule has 0 saturated heterocycles. The van der Waals surface area contributed by atoms with Gasteiger partial charge in [0.25, 0.3) is 5.69 Å². The van der Waals surface area contributed by atoms with Gasteiger partial charge in [-0.1, -0.05) is 0 Å². The molecule has 1 N–H and O–H groups in total. The number of nitro benzene ring substituents is 1. The van der Waals surface area contributed by atoms with Gasteiger partial charge in [-0.05, 0) is 80.6 Å². The van der Waals surface area contributed by atoms with E-state index in [-0.39, 0.29) is 18.1 Å². The van der Waals surface area contributed by atoms with Crippen molar-refractivity contribution in [2.45, 2.75) is 20.5 Å². The number of aryl methyl sites for hydroxylation is 2. The standard InChI is InChI=1S/C30H26N4O7/c1-19-4-5-20(2)33(19)21-6-9-23(10-7-21)39-18-25-12-15-28(41-25)30(35)32-31-17-24-11-14-27(40-24)26-13-8-22(34(36)37)16-29(26)38-3/h4-17H,18H2,1-3H3,(H,32,35)/b31-17+. The van der Waals surface area contributed by atoms with E-state index >= 15 is 0 Å². The van der Waals surface area contributed by atoms with Crippen molar-refractivity contribution < 1.29 is 28.0 Å². The minimum Gasteiger partial charge on any atom is -0.496 e. The fraction of sp³-hybridized carbons (Fsp3) is 0.133. The Kier molecular flexibility index (Phi) is 7.68. The minimum absolute atomic E-state index is 0.0745. The molecule has 3 aromatic heterocycles. The van der Waals surface area contributed by atoms with E-state index in [9.17, 15) is 14.9 Å². The van der Waals surface area contributed by atoms with Crippen LogP contribution in [0.4, 0.5) is 5.69 Å².